The molecule has 1 aromatic heterocycles. The van der Waals surface area contributed by atoms with Crippen molar-refractivity contribution in [2.24, 2.45) is 0 Å². The fourth-order valence-corrected chi connectivity index (χ4v) is 4.84. The van der Waals surface area contributed by atoms with Crippen molar-refractivity contribution in [3.8, 4) is 0 Å². The lowest BCUT2D eigenvalue weighted by Gasteiger charge is -2.15. The molecule has 3 N–H and O–H groups in total. The molecule has 1 saturated heterocycles. The van der Waals surface area contributed by atoms with Gasteiger partial charge >= 0.3 is 0 Å². The summed E-state index contributed by atoms with van der Waals surface area (Å²) in [6.45, 7) is 7.99. The number of hydrogen-bond acceptors (Lipinski definition) is 5. The molecule has 8 heteroatoms. The molecule has 0 saturated carbocycles. The van der Waals surface area contributed by atoms with E-state index in [0.717, 1.165) is 39.8 Å². The molecular formula is C22H28BrN5O2. The van der Waals surface area contributed by atoms with Gasteiger partial charge in [0.1, 0.15) is 5.82 Å². The lowest BCUT2D eigenvalue weighted by molar-refractivity contribution is -0.118. The summed E-state index contributed by atoms with van der Waals surface area (Å²) in [6, 6.07) is 1.81. The molecule has 3 aliphatic heterocycles. The molecule has 4 rings (SSSR count). The monoisotopic (exact) mass is 473 g/mol. The first-order valence-electron chi connectivity index (χ1n) is 10.6. The number of halogens is 1. The third-order valence-corrected chi connectivity index (χ3v) is 6.50. The second-order valence-electron chi connectivity index (χ2n) is 8.20. The van der Waals surface area contributed by atoms with E-state index in [2.05, 4.69) is 41.8 Å². The number of amides is 2. The Bertz CT molecular complexity index is 920. The van der Waals surface area contributed by atoms with E-state index in [0.29, 0.717) is 12.4 Å². The summed E-state index contributed by atoms with van der Waals surface area (Å²) in [7, 11) is 0. The Morgan fingerprint density at radius 1 is 1.40 bits per heavy atom. The highest BCUT2D eigenvalue weighted by Gasteiger charge is 2.34. The summed E-state index contributed by atoms with van der Waals surface area (Å²) in [6.07, 6.45) is 7.10. The van der Waals surface area contributed by atoms with E-state index >= 15 is 0 Å². The average Bonchev–Trinajstić information content (AvgIpc) is 3.39. The number of pyridine rings is 1. The minimum atomic E-state index is -0.433. The summed E-state index contributed by atoms with van der Waals surface area (Å²) in [5.74, 6) is 0.0226. The number of hydrogen-bond donors (Lipinski definition) is 3. The Labute approximate surface area is 185 Å². The van der Waals surface area contributed by atoms with Crippen LogP contribution in [0.1, 0.15) is 44.6 Å². The highest BCUT2D eigenvalue weighted by molar-refractivity contribution is 9.10. The number of carbonyl (C=O) groups is 2. The van der Waals surface area contributed by atoms with Crippen LogP contribution in [0.5, 0.6) is 0 Å². The Morgan fingerprint density at radius 3 is 2.93 bits per heavy atom. The third-order valence-electron chi connectivity index (χ3n) is 6.07. The zero-order chi connectivity index (χ0) is 21.3. The van der Waals surface area contributed by atoms with Crippen LogP contribution in [0.15, 0.2) is 39.7 Å². The predicted octanol–water partition coefficient (Wildman–Crippen LogP) is 2.67. The van der Waals surface area contributed by atoms with Crippen LogP contribution in [0.2, 0.25) is 0 Å². The number of carbonyl (C=O) groups excluding carboxylic acids is 2. The molecule has 160 valence electrons. The fourth-order valence-electron chi connectivity index (χ4n) is 4.49. The molecule has 0 spiro atoms. The zero-order valence-corrected chi connectivity index (χ0v) is 19.0. The molecule has 1 fully saturated rings. The van der Waals surface area contributed by atoms with Crippen molar-refractivity contribution in [3.05, 3.63) is 45.2 Å². The first-order chi connectivity index (χ1) is 14.4. The van der Waals surface area contributed by atoms with Crippen molar-refractivity contribution in [1.82, 2.24) is 20.5 Å². The van der Waals surface area contributed by atoms with Gasteiger partial charge in [0.2, 0.25) is 11.8 Å². The third kappa shape index (κ3) is 4.30. The van der Waals surface area contributed by atoms with Crippen molar-refractivity contribution >= 4 is 33.6 Å². The first-order valence-corrected chi connectivity index (χ1v) is 11.4. The second kappa shape index (κ2) is 8.89. The largest absolute Gasteiger partial charge is 0.378 e. The Kier molecular flexibility index (Phi) is 6.24. The number of nitrogens with zero attached hydrogens (tertiary/aromatic N) is 2. The van der Waals surface area contributed by atoms with Crippen LogP contribution in [0.3, 0.4) is 0 Å². The number of rotatable bonds is 6. The number of nitrogens with one attached hydrogen (secondary N) is 3. The van der Waals surface area contributed by atoms with E-state index in [1.165, 1.54) is 25.9 Å². The van der Waals surface area contributed by atoms with Gasteiger partial charge in [-0.25, -0.2) is 4.98 Å². The lowest BCUT2D eigenvalue weighted by atomic mass is 9.99. The van der Waals surface area contributed by atoms with E-state index in [1.54, 1.807) is 6.20 Å². The molecule has 30 heavy (non-hydrogen) atoms. The van der Waals surface area contributed by atoms with Crippen molar-refractivity contribution < 1.29 is 9.59 Å². The van der Waals surface area contributed by atoms with Crippen LogP contribution in [-0.2, 0) is 9.59 Å². The maximum absolute atomic E-state index is 12.8. The molecule has 0 aromatic carbocycles. The maximum Gasteiger partial charge on any atom is 0.249 e. The normalized spacial score (nSPS) is 24.9. The van der Waals surface area contributed by atoms with Crippen LogP contribution >= 0.6 is 15.9 Å². The van der Waals surface area contributed by atoms with E-state index in [-0.39, 0.29) is 17.9 Å². The zero-order valence-electron chi connectivity index (χ0n) is 17.4. The average molecular weight is 474 g/mol. The quantitative estimate of drug-likeness (QED) is 0.552. The summed E-state index contributed by atoms with van der Waals surface area (Å²) in [5.41, 5.74) is 3.30. The Morgan fingerprint density at radius 2 is 2.17 bits per heavy atom. The number of likely N-dealkylation sites (tertiary alicyclic amines) is 1. The summed E-state index contributed by atoms with van der Waals surface area (Å²) in [4.78, 5) is 32.0. The van der Waals surface area contributed by atoms with Crippen LogP contribution in [0.4, 0.5) is 5.82 Å². The van der Waals surface area contributed by atoms with Crippen LogP contribution in [0, 0.1) is 0 Å². The Hall–Kier alpha value is -2.19. The van der Waals surface area contributed by atoms with Crippen molar-refractivity contribution in [3.63, 3.8) is 0 Å². The fraction of sp³-hybridized carbons (Fsp3) is 0.500. The van der Waals surface area contributed by atoms with Gasteiger partial charge in [-0.3, -0.25) is 9.59 Å². The van der Waals surface area contributed by atoms with Crippen molar-refractivity contribution in [2.45, 2.75) is 45.1 Å². The number of allylic oxidation sites excluding steroid dienone is 1. The molecule has 1 aromatic rings. The SMILES string of the molecule is CC1=C(C(=O)NCCCN2CCCC2)C(C)N/C1=C\C1C(=O)Nc2ncc(Br)cc21. The standard InChI is InChI=1S/C22H28BrN5O2/c1-13-18(11-17-16-10-15(23)12-25-20(16)27-21(17)29)26-14(2)19(13)22(30)24-6-5-9-28-7-3-4-8-28/h10-12,14,17,26H,3-9H2,1-2H3,(H,24,30)(H,25,27,29)/b18-11-. The van der Waals surface area contributed by atoms with Crippen molar-refractivity contribution in [2.75, 3.05) is 31.5 Å². The molecule has 4 heterocycles. The maximum atomic E-state index is 12.8. The smallest absolute Gasteiger partial charge is 0.249 e. The Balaban J connectivity index is 1.44. The number of aromatic nitrogens is 1. The van der Waals surface area contributed by atoms with Crippen LogP contribution in [-0.4, -0.2) is 53.9 Å². The van der Waals surface area contributed by atoms with Gasteiger partial charge in [0.05, 0.1) is 12.0 Å². The number of fused-ring (bicyclic) bond motifs is 1. The minimum Gasteiger partial charge on any atom is -0.378 e. The van der Waals surface area contributed by atoms with Crippen LogP contribution in [0.25, 0.3) is 0 Å². The van der Waals surface area contributed by atoms with E-state index in [4.69, 9.17) is 0 Å². The van der Waals surface area contributed by atoms with Gasteiger partial charge in [-0.15, -0.1) is 0 Å². The molecule has 2 atom stereocenters. The highest BCUT2D eigenvalue weighted by atomic mass is 79.9. The highest BCUT2D eigenvalue weighted by Crippen LogP contribution is 2.36. The first kappa shape index (κ1) is 21.1. The van der Waals surface area contributed by atoms with Gasteiger partial charge in [-0.1, -0.05) is 0 Å². The molecular weight excluding hydrogens is 446 g/mol. The van der Waals surface area contributed by atoms with Gasteiger partial charge < -0.3 is 20.9 Å². The summed E-state index contributed by atoms with van der Waals surface area (Å²) < 4.78 is 0.829. The van der Waals surface area contributed by atoms with Gasteiger partial charge in [0.25, 0.3) is 0 Å². The molecule has 3 aliphatic rings. The summed E-state index contributed by atoms with van der Waals surface area (Å²) in [5, 5.41) is 9.26. The van der Waals surface area contributed by atoms with E-state index in [1.807, 2.05) is 26.0 Å². The van der Waals surface area contributed by atoms with E-state index < -0.39 is 5.92 Å². The van der Waals surface area contributed by atoms with Gasteiger partial charge in [0.15, 0.2) is 0 Å². The second-order valence-corrected chi connectivity index (χ2v) is 9.12. The topological polar surface area (TPSA) is 86.4 Å². The molecule has 0 radical (unpaired) electrons. The molecule has 2 amide bonds. The van der Waals surface area contributed by atoms with Gasteiger partial charge in [0, 0.05) is 34.0 Å². The van der Waals surface area contributed by atoms with E-state index in [9.17, 15) is 9.59 Å². The summed E-state index contributed by atoms with van der Waals surface area (Å²) >= 11 is 3.42. The van der Waals surface area contributed by atoms with Gasteiger partial charge in [-0.2, -0.15) is 0 Å². The van der Waals surface area contributed by atoms with Crippen molar-refractivity contribution in [1.29, 1.82) is 0 Å². The minimum absolute atomic E-state index is 0.0296. The van der Waals surface area contributed by atoms with Gasteiger partial charge in [-0.05, 0) is 86.4 Å². The molecule has 7 nitrogen and oxygen atoms in total. The lowest BCUT2D eigenvalue weighted by Crippen LogP contribution is -2.33. The molecule has 0 bridgehead atoms. The molecule has 0 aliphatic carbocycles. The van der Waals surface area contributed by atoms with Crippen LogP contribution < -0.4 is 16.0 Å². The molecule has 2 unspecified atom stereocenters. The number of anilines is 1. The predicted molar refractivity (Wildman–Crippen MR) is 120 cm³/mol.